The topological polar surface area (TPSA) is 55.8 Å². The Morgan fingerprint density at radius 3 is 2.57 bits per heavy atom. The smallest absolute Gasteiger partial charge is 0.317 e. The lowest BCUT2D eigenvalue weighted by molar-refractivity contribution is 0.127. The average molecular weight is 317 g/mol. The molecule has 0 bridgehead atoms. The molecule has 2 amide bonds. The molecule has 0 saturated carbocycles. The molecule has 2 saturated heterocycles. The van der Waals surface area contributed by atoms with Crippen LogP contribution in [0.1, 0.15) is 25.7 Å². The number of nitrogens with zero attached hydrogens (tertiary/aromatic N) is 2. The first-order chi connectivity index (χ1) is 11.3. The highest BCUT2D eigenvalue weighted by atomic mass is 16.3. The maximum Gasteiger partial charge on any atom is 0.317 e. The van der Waals surface area contributed by atoms with E-state index < -0.39 is 0 Å². The number of anilines is 1. The predicted octanol–water partition coefficient (Wildman–Crippen LogP) is 2.07. The van der Waals surface area contributed by atoms with Crippen molar-refractivity contribution in [2.45, 2.75) is 31.7 Å². The zero-order valence-electron chi connectivity index (χ0n) is 13.7. The largest absolute Gasteiger partial charge is 0.396 e. The fourth-order valence-electron chi connectivity index (χ4n) is 3.59. The number of piperidine rings is 2. The number of carbonyl (C=O) groups is 1. The first-order valence-corrected chi connectivity index (χ1v) is 8.72. The maximum absolute atomic E-state index is 12.4. The summed E-state index contributed by atoms with van der Waals surface area (Å²) in [6.07, 6.45) is 3.98. The molecule has 2 N–H and O–H groups in total. The molecule has 2 aliphatic heterocycles. The van der Waals surface area contributed by atoms with E-state index in [0.29, 0.717) is 6.54 Å². The van der Waals surface area contributed by atoms with Gasteiger partial charge in [-0.25, -0.2) is 4.79 Å². The molecule has 2 heterocycles. The molecule has 0 aliphatic carbocycles. The SMILES string of the molecule is O=C(NC1CCN(c2ccccc2)CC1)N1CCCC(CO)C1. The molecule has 5 nitrogen and oxygen atoms in total. The number of nitrogens with one attached hydrogen (secondary N) is 1. The summed E-state index contributed by atoms with van der Waals surface area (Å²) in [7, 11) is 0. The molecule has 1 aromatic rings. The van der Waals surface area contributed by atoms with Gasteiger partial charge >= 0.3 is 6.03 Å². The van der Waals surface area contributed by atoms with Crippen LogP contribution in [0.2, 0.25) is 0 Å². The van der Waals surface area contributed by atoms with Crippen LogP contribution in [-0.2, 0) is 0 Å². The van der Waals surface area contributed by atoms with Gasteiger partial charge in [-0.2, -0.15) is 0 Å². The van der Waals surface area contributed by atoms with Crippen molar-refractivity contribution >= 4 is 11.7 Å². The van der Waals surface area contributed by atoms with Crippen LogP contribution < -0.4 is 10.2 Å². The monoisotopic (exact) mass is 317 g/mol. The van der Waals surface area contributed by atoms with Gasteiger partial charge in [0.2, 0.25) is 0 Å². The van der Waals surface area contributed by atoms with Crippen LogP contribution in [0.4, 0.5) is 10.5 Å². The Kier molecular flexibility index (Phi) is 5.39. The molecule has 0 aromatic heterocycles. The van der Waals surface area contributed by atoms with Gasteiger partial charge in [0.05, 0.1) is 0 Å². The first kappa shape index (κ1) is 16.1. The van der Waals surface area contributed by atoms with E-state index in [9.17, 15) is 9.90 Å². The van der Waals surface area contributed by atoms with E-state index in [1.54, 1.807) is 0 Å². The normalized spacial score (nSPS) is 22.9. The van der Waals surface area contributed by atoms with Crippen LogP contribution in [0, 0.1) is 5.92 Å². The van der Waals surface area contributed by atoms with Crippen LogP contribution in [0.15, 0.2) is 30.3 Å². The number of urea groups is 1. The van der Waals surface area contributed by atoms with Gasteiger partial charge in [-0.3, -0.25) is 0 Å². The van der Waals surface area contributed by atoms with E-state index in [0.717, 1.165) is 45.3 Å². The van der Waals surface area contributed by atoms with Gasteiger partial charge in [-0.15, -0.1) is 0 Å². The first-order valence-electron chi connectivity index (χ1n) is 8.72. The summed E-state index contributed by atoms with van der Waals surface area (Å²) < 4.78 is 0. The number of carbonyl (C=O) groups excluding carboxylic acids is 1. The van der Waals surface area contributed by atoms with Gasteiger partial charge in [0.1, 0.15) is 0 Å². The van der Waals surface area contributed by atoms with Crippen molar-refractivity contribution in [3.8, 4) is 0 Å². The Morgan fingerprint density at radius 1 is 1.13 bits per heavy atom. The lowest BCUT2D eigenvalue weighted by Crippen LogP contribution is -2.51. The molecule has 0 spiro atoms. The summed E-state index contributed by atoms with van der Waals surface area (Å²) in [5.74, 6) is 0.245. The third-order valence-corrected chi connectivity index (χ3v) is 5.01. The quantitative estimate of drug-likeness (QED) is 0.897. The number of amides is 2. The van der Waals surface area contributed by atoms with Crippen LogP contribution in [0.25, 0.3) is 0 Å². The summed E-state index contributed by atoms with van der Waals surface area (Å²) in [6, 6.07) is 10.8. The standard InChI is InChI=1S/C18H27N3O2/c22-14-15-5-4-10-21(13-15)18(23)19-16-8-11-20(12-9-16)17-6-2-1-3-7-17/h1-3,6-7,15-16,22H,4-5,8-14H2,(H,19,23). The zero-order chi connectivity index (χ0) is 16.1. The van der Waals surface area contributed by atoms with E-state index in [-0.39, 0.29) is 24.6 Å². The third-order valence-electron chi connectivity index (χ3n) is 5.01. The summed E-state index contributed by atoms with van der Waals surface area (Å²) in [5, 5.41) is 12.5. The van der Waals surface area contributed by atoms with Crippen LogP contribution in [0.5, 0.6) is 0 Å². The van der Waals surface area contributed by atoms with Crippen molar-refractivity contribution in [3.05, 3.63) is 30.3 Å². The van der Waals surface area contributed by atoms with Gasteiger partial charge in [-0.05, 0) is 43.7 Å². The van der Waals surface area contributed by atoms with Crippen molar-refractivity contribution in [3.63, 3.8) is 0 Å². The number of benzene rings is 1. The van der Waals surface area contributed by atoms with E-state index in [1.807, 2.05) is 11.0 Å². The van der Waals surface area contributed by atoms with Crippen molar-refractivity contribution in [2.24, 2.45) is 5.92 Å². The molecule has 126 valence electrons. The number of hydrogen-bond acceptors (Lipinski definition) is 3. The fourth-order valence-corrected chi connectivity index (χ4v) is 3.59. The van der Waals surface area contributed by atoms with Gasteiger partial charge in [-0.1, -0.05) is 18.2 Å². The highest BCUT2D eigenvalue weighted by Gasteiger charge is 2.26. The number of hydrogen-bond donors (Lipinski definition) is 2. The second-order valence-corrected chi connectivity index (χ2v) is 6.68. The molecule has 23 heavy (non-hydrogen) atoms. The number of para-hydroxylation sites is 1. The Hall–Kier alpha value is -1.75. The Balaban J connectivity index is 1.46. The number of likely N-dealkylation sites (tertiary alicyclic amines) is 1. The fraction of sp³-hybridized carbons (Fsp3) is 0.611. The van der Waals surface area contributed by atoms with Crippen LogP contribution in [0.3, 0.4) is 0 Å². The second-order valence-electron chi connectivity index (χ2n) is 6.68. The van der Waals surface area contributed by atoms with Crippen molar-refractivity contribution in [1.82, 2.24) is 10.2 Å². The average Bonchev–Trinajstić information content (AvgIpc) is 2.63. The predicted molar refractivity (Wildman–Crippen MR) is 91.6 cm³/mol. The van der Waals surface area contributed by atoms with Gasteiger partial charge < -0.3 is 20.2 Å². The van der Waals surface area contributed by atoms with E-state index >= 15 is 0 Å². The summed E-state index contributed by atoms with van der Waals surface area (Å²) in [5.41, 5.74) is 1.26. The summed E-state index contributed by atoms with van der Waals surface area (Å²) >= 11 is 0. The minimum atomic E-state index is 0.0429. The van der Waals surface area contributed by atoms with E-state index in [1.165, 1.54) is 5.69 Å². The Labute approximate surface area is 138 Å². The van der Waals surface area contributed by atoms with Crippen molar-refractivity contribution in [2.75, 3.05) is 37.7 Å². The van der Waals surface area contributed by atoms with Gasteiger partial charge in [0.25, 0.3) is 0 Å². The minimum Gasteiger partial charge on any atom is -0.396 e. The minimum absolute atomic E-state index is 0.0429. The zero-order valence-corrected chi connectivity index (χ0v) is 13.7. The molecule has 1 atom stereocenters. The number of aliphatic hydroxyl groups excluding tert-OH is 1. The molecule has 3 rings (SSSR count). The molecule has 1 unspecified atom stereocenters. The number of rotatable bonds is 3. The van der Waals surface area contributed by atoms with E-state index in [2.05, 4.69) is 34.5 Å². The highest BCUT2D eigenvalue weighted by Crippen LogP contribution is 2.20. The molecule has 2 fully saturated rings. The highest BCUT2D eigenvalue weighted by molar-refractivity contribution is 5.74. The lowest BCUT2D eigenvalue weighted by atomic mass is 9.99. The van der Waals surface area contributed by atoms with Crippen LogP contribution >= 0.6 is 0 Å². The summed E-state index contributed by atoms with van der Waals surface area (Å²) in [6.45, 7) is 3.64. The lowest BCUT2D eigenvalue weighted by Gasteiger charge is -2.36. The summed E-state index contributed by atoms with van der Waals surface area (Å²) in [4.78, 5) is 16.6. The van der Waals surface area contributed by atoms with Crippen molar-refractivity contribution < 1.29 is 9.90 Å². The third kappa shape index (κ3) is 4.16. The molecule has 5 heteroatoms. The molecule has 1 aromatic carbocycles. The van der Waals surface area contributed by atoms with Crippen molar-refractivity contribution in [1.29, 1.82) is 0 Å². The molecular weight excluding hydrogens is 290 g/mol. The number of aliphatic hydroxyl groups is 1. The Morgan fingerprint density at radius 2 is 1.87 bits per heavy atom. The Bertz CT molecular complexity index is 500. The second kappa shape index (κ2) is 7.68. The van der Waals surface area contributed by atoms with Crippen LogP contribution in [-0.4, -0.2) is 54.9 Å². The van der Waals surface area contributed by atoms with E-state index in [4.69, 9.17) is 0 Å². The molecule has 0 radical (unpaired) electrons. The molecular formula is C18H27N3O2. The van der Waals surface area contributed by atoms with Gasteiger partial charge in [0.15, 0.2) is 0 Å². The molecule has 2 aliphatic rings. The maximum atomic E-state index is 12.4. The van der Waals surface area contributed by atoms with Gasteiger partial charge in [0, 0.05) is 44.5 Å².